The Hall–Kier alpha value is -2.12. The lowest BCUT2D eigenvalue weighted by atomic mass is 10.1. The molecule has 0 unspecified atom stereocenters. The van der Waals surface area contributed by atoms with Crippen molar-refractivity contribution in [2.45, 2.75) is 25.9 Å². The highest BCUT2D eigenvalue weighted by molar-refractivity contribution is 7.09. The van der Waals surface area contributed by atoms with Crippen LogP contribution in [-0.2, 0) is 22.6 Å². The lowest BCUT2D eigenvalue weighted by Crippen LogP contribution is -2.35. The van der Waals surface area contributed by atoms with Crippen LogP contribution in [0.3, 0.4) is 0 Å². The number of carbonyl (C=O) groups is 2. The molecule has 2 aromatic rings. The molecule has 1 aliphatic carbocycles. The van der Waals surface area contributed by atoms with Crippen LogP contribution in [0.25, 0.3) is 0 Å². The van der Waals surface area contributed by atoms with Crippen molar-refractivity contribution in [2.75, 3.05) is 6.54 Å². The number of amides is 1. The average Bonchev–Trinajstić information content (AvgIpc) is 3.27. The van der Waals surface area contributed by atoms with Crippen LogP contribution in [0, 0.1) is 5.41 Å². The molecule has 132 valence electrons. The fourth-order valence-electron chi connectivity index (χ4n) is 2.28. The van der Waals surface area contributed by atoms with Gasteiger partial charge in [-0.2, -0.15) is 0 Å². The van der Waals surface area contributed by atoms with E-state index in [1.165, 1.54) is 11.3 Å². The molecule has 0 saturated heterocycles. The van der Waals surface area contributed by atoms with Gasteiger partial charge in [-0.25, -0.2) is 4.98 Å². The number of aliphatic carboxylic acids is 1. The van der Waals surface area contributed by atoms with E-state index in [1.54, 1.807) is 24.3 Å². The van der Waals surface area contributed by atoms with Crippen LogP contribution in [0.5, 0.6) is 5.75 Å². The first-order chi connectivity index (χ1) is 12.0. The molecule has 0 bridgehead atoms. The first-order valence-electron chi connectivity index (χ1n) is 7.79. The van der Waals surface area contributed by atoms with Crippen LogP contribution in [0.4, 0.5) is 0 Å². The zero-order valence-corrected chi connectivity index (χ0v) is 14.9. The quantitative estimate of drug-likeness (QED) is 0.735. The van der Waals surface area contributed by atoms with Crippen molar-refractivity contribution in [3.8, 4) is 5.75 Å². The van der Waals surface area contributed by atoms with E-state index in [9.17, 15) is 9.59 Å². The Morgan fingerprint density at radius 3 is 2.68 bits per heavy atom. The molecule has 0 aliphatic heterocycles. The van der Waals surface area contributed by atoms with Crippen molar-refractivity contribution in [3.05, 3.63) is 45.4 Å². The standard InChI is InChI=1S/C17H17ClN2O4S/c18-11-1-3-13(4-2-11)24-8-15-20-12(9-25-15)7-14(21)19-10-17(5-6-17)16(22)23/h1-4,9H,5-8,10H2,(H,19,21)(H,22,23). The average molecular weight is 381 g/mol. The number of halogens is 1. The molecule has 0 radical (unpaired) electrons. The van der Waals surface area contributed by atoms with Crippen LogP contribution in [-0.4, -0.2) is 28.5 Å². The first-order valence-corrected chi connectivity index (χ1v) is 9.04. The predicted molar refractivity (Wildman–Crippen MR) is 93.9 cm³/mol. The molecule has 2 N–H and O–H groups in total. The van der Waals surface area contributed by atoms with Gasteiger partial charge in [-0.3, -0.25) is 9.59 Å². The number of rotatable bonds is 8. The zero-order valence-electron chi connectivity index (χ0n) is 13.3. The molecule has 3 rings (SSSR count). The number of thiazole rings is 1. The Kier molecular flexibility index (Phi) is 5.24. The van der Waals surface area contributed by atoms with Crippen molar-refractivity contribution in [1.82, 2.24) is 10.3 Å². The molecule has 0 atom stereocenters. The van der Waals surface area contributed by atoms with Gasteiger partial charge in [0.25, 0.3) is 0 Å². The van der Waals surface area contributed by atoms with E-state index in [0.717, 1.165) is 5.01 Å². The van der Waals surface area contributed by atoms with E-state index in [-0.39, 0.29) is 18.9 Å². The van der Waals surface area contributed by atoms with E-state index in [1.807, 2.05) is 5.38 Å². The predicted octanol–water partition coefficient (Wildman–Crippen LogP) is 2.90. The molecule has 1 fully saturated rings. The number of benzene rings is 1. The van der Waals surface area contributed by atoms with Crippen molar-refractivity contribution >= 4 is 34.8 Å². The van der Waals surface area contributed by atoms with Crippen molar-refractivity contribution < 1.29 is 19.4 Å². The summed E-state index contributed by atoms with van der Waals surface area (Å²) in [6, 6.07) is 7.05. The largest absolute Gasteiger partial charge is 0.486 e. The van der Waals surface area contributed by atoms with E-state index in [2.05, 4.69) is 10.3 Å². The highest BCUT2D eigenvalue weighted by atomic mass is 35.5. The second-order valence-electron chi connectivity index (χ2n) is 6.01. The summed E-state index contributed by atoms with van der Waals surface area (Å²) in [5.74, 6) is -0.367. The number of carboxylic acids is 1. The van der Waals surface area contributed by atoms with Crippen LogP contribution < -0.4 is 10.1 Å². The summed E-state index contributed by atoms with van der Waals surface area (Å²) < 4.78 is 5.62. The topological polar surface area (TPSA) is 88.5 Å². The summed E-state index contributed by atoms with van der Waals surface area (Å²) in [5, 5.41) is 15.0. The summed E-state index contributed by atoms with van der Waals surface area (Å²) >= 11 is 7.24. The smallest absolute Gasteiger partial charge is 0.311 e. The molecule has 25 heavy (non-hydrogen) atoms. The maximum absolute atomic E-state index is 11.9. The highest BCUT2D eigenvalue weighted by Crippen LogP contribution is 2.45. The van der Waals surface area contributed by atoms with Gasteiger partial charge >= 0.3 is 5.97 Å². The van der Waals surface area contributed by atoms with Crippen molar-refractivity contribution in [2.24, 2.45) is 5.41 Å². The van der Waals surface area contributed by atoms with Crippen LogP contribution >= 0.6 is 22.9 Å². The molecule has 1 saturated carbocycles. The second kappa shape index (κ2) is 7.41. The molecule has 1 aliphatic rings. The summed E-state index contributed by atoms with van der Waals surface area (Å²) in [6.45, 7) is 0.494. The number of hydrogen-bond acceptors (Lipinski definition) is 5. The number of carboxylic acid groups (broad SMARTS) is 1. The third-order valence-electron chi connectivity index (χ3n) is 4.05. The Morgan fingerprint density at radius 1 is 1.32 bits per heavy atom. The summed E-state index contributed by atoms with van der Waals surface area (Å²) in [4.78, 5) is 27.4. The van der Waals surface area contributed by atoms with Gasteiger partial charge in [0.1, 0.15) is 17.4 Å². The van der Waals surface area contributed by atoms with Crippen molar-refractivity contribution in [3.63, 3.8) is 0 Å². The highest BCUT2D eigenvalue weighted by Gasteiger charge is 2.50. The Balaban J connectivity index is 1.45. The van der Waals surface area contributed by atoms with E-state index < -0.39 is 11.4 Å². The van der Waals surface area contributed by atoms with Gasteiger partial charge in [0, 0.05) is 16.9 Å². The number of nitrogens with zero attached hydrogens (tertiary/aromatic N) is 1. The maximum atomic E-state index is 11.9. The third kappa shape index (κ3) is 4.70. The van der Waals surface area contributed by atoms with Gasteiger partial charge in [-0.15, -0.1) is 11.3 Å². The zero-order chi connectivity index (χ0) is 17.9. The maximum Gasteiger partial charge on any atom is 0.311 e. The number of hydrogen-bond donors (Lipinski definition) is 2. The monoisotopic (exact) mass is 380 g/mol. The van der Waals surface area contributed by atoms with Crippen LogP contribution in [0.2, 0.25) is 5.02 Å². The Bertz CT molecular complexity index is 771. The van der Waals surface area contributed by atoms with Crippen LogP contribution in [0.15, 0.2) is 29.6 Å². The molecule has 0 spiro atoms. The van der Waals surface area contributed by atoms with Gasteiger partial charge in [-0.1, -0.05) is 11.6 Å². The summed E-state index contributed by atoms with van der Waals surface area (Å²) in [6.07, 6.45) is 1.37. The van der Waals surface area contributed by atoms with E-state index >= 15 is 0 Å². The summed E-state index contributed by atoms with van der Waals surface area (Å²) in [7, 11) is 0. The van der Waals surface area contributed by atoms with Gasteiger partial charge in [0.05, 0.1) is 17.5 Å². The van der Waals surface area contributed by atoms with Crippen molar-refractivity contribution in [1.29, 1.82) is 0 Å². The minimum absolute atomic E-state index is 0.132. The fourth-order valence-corrected chi connectivity index (χ4v) is 3.12. The lowest BCUT2D eigenvalue weighted by Gasteiger charge is -2.10. The molecular formula is C17H17ClN2O4S. The summed E-state index contributed by atoms with van der Waals surface area (Å²) in [5.41, 5.74) is -0.104. The minimum atomic E-state index is -0.844. The number of ether oxygens (including phenoxy) is 1. The Morgan fingerprint density at radius 2 is 2.04 bits per heavy atom. The SMILES string of the molecule is O=C(Cc1csc(COc2ccc(Cl)cc2)n1)NCC1(C(=O)O)CC1. The fraction of sp³-hybridized carbons (Fsp3) is 0.353. The lowest BCUT2D eigenvalue weighted by molar-refractivity contribution is -0.143. The first kappa shape index (κ1) is 17.7. The number of aromatic nitrogens is 1. The third-order valence-corrected chi connectivity index (χ3v) is 5.17. The molecule has 1 heterocycles. The molecule has 6 nitrogen and oxygen atoms in total. The number of nitrogens with one attached hydrogen (secondary N) is 1. The Labute approximate surface area is 153 Å². The molecule has 8 heteroatoms. The van der Waals surface area contributed by atoms with Crippen LogP contribution in [0.1, 0.15) is 23.5 Å². The number of carbonyl (C=O) groups excluding carboxylic acids is 1. The normalized spacial score (nSPS) is 14.8. The molecular weight excluding hydrogens is 364 g/mol. The van der Waals surface area contributed by atoms with Gasteiger partial charge < -0.3 is 15.2 Å². The molecule has 1 aromatic carbocycles. The minimum Gasteiger partial charge on any atom is -0.486 e. The van der Waals surface area contributed by atoms with Gasteiger partial charge in [-0.05, 0) is 37.1 Å². The molecule has 1 aromatic heterocycles. The van der Waals surface area contributed by atoms with Gasteiger partial charge in [0.15, 0.2) is 0 Å². The second-order valence-corrected chi connectivity index (χ2v) is 7.39. The molecule has 1 amide bonds. The van der Waals surface area contributed by atoms with E-state index in [4.69, 9.17) is 21.4 Å². The van der Waals surface area contributed by atoms with E-state index in [0.29, 0.717) is 35.9 Å². The van der Waals surface area contributed by atoms with Gasteiger partial charge in [0.2, 0.25) is 5.91 Å².